The highest BCUT2D eigenvalue weighted by molar-refractivity contribution is 6.66. The van der Waals surface area contributed by atoms with Crippen LogP contribution in [0.1, 0.15) is 19.8 Å². The van der Waals surface area contributed by atoms with Crippen LogP contribution in [0.15, 0.2) is 0 Å². The molecule has 0 amide bonds. The van der Waals surface area contributed by atoms with Crippen molar-refractivity contribution in [3.05, 3.63) is 0 Å². The van der Waals surface area contributed by atoms with E-state index in [0.29, 0.717) is 6.17 Å². The molecule has 22 heavy (non-hydrogen) atoms. The molecule has 0 aliphatic carbocycles. The highest BCUT2D eigenvalue weighted by Gasteiger charge is 2.28. The van der Waals surface area contributed by atoms with Gasteiger partial charge in [-0.15, -0.1) is 0 Å². The third kappa shape index (κ3) is 9.36. The van der Waals surface area contributed by atoms with E-state index in [1.54, 1.807) is 28.4 Å². The fourth-order valence-corrected chi connectivity index (χ4v) is 4.89. The summed E-state index contributed by atoms with van der Waals surface area (Å²) in [5, 5.41) is 6.96. The van der Waals surface area contributed by atoms with Gasteiger partial charge < -0.3 is 28.3 Å². The molecule has 2 N–H and O–H groups in total. The first-order valence-electron chi connectivity index (χ1n) is 8.02. The van der Waals surface area contributed by atoms with E-state index in [9.17, 15) is 0 Å². The molecule has 0 saturated heterocycles. The molecule has 6 nitrogen and oxygen atoms in total. The van der Waals surface area contributed by atoms with Gasteiger partial charge in [0, 0.05) is 28.4 Å². The molecular formula is C14H36N2O4Si2. The van der Waals surface area contributed by atoms with Crippen LogP contribution in [0.25, 0.3) is 0 Å². The average Bonchev–Trinajstić information content (AvgIpc) is 2.55. The van der Waals surface area contributed by atoms with Crippen LogP contribution in [0.2, 0.25) is 25.2 Å². The highest BCUT2D eigenvalue weighted by atomic mass is 28.4. The lowest BCUT2D eigenvalue weighted by atomic mass is 10.4. The van der Waals surface area contributed by atoms with E-state index in [4.69, 9.17) is 17.7 Å². The lowest BCUT2D eigenvalue weighted by Crippen LogP contribution is -2.43. The SMILES string of the molecule is CO[Si](C)(CCCNC(C)NCCC[Si](C)(OC)OC)OC. The molecule has 0 unspecified atom stereocenters. The van der Waals surface area contributed by atoms with Gasteiger partial charge in [-0.1, -0.05) is 0 Å². The molecule has 8 heteroatoms. The van der Waals surface area contributed by atoms with Gasteiger partial charge in [0.1, 0.15) is 0 Å². The predicted molar refractivity (Wildman–Crippen MR) is 95.6 cm³/mol. The number of rotatable bonds is 14. The van der Waals surface area contributed by atoms with Gasteiger partial charge >= 0.3 is 17.1 Å². The minimum atomic E-state index is -1.91. The molecule has 0 fully saturated rings. The molecule has 0 heterocycles. The van der Waals surface area contributed by atoms with Crippen molar-refractivity contribution in [2.24, 2.45) is 0 Å². The summed E-state index contributed by atoms with van der Waals surface area (Å²) in [6.45, 7) is 8.27. The molecule has 0 radical (unpaired) electrons. The van der Waals surface area contributed by atoms with E-state index in [2.05, 4.69) is 30.7 Å². The van der Waals surface area contributed by atoms with Crippen LogP contribution < -0.4 is 10.6 Å². The van der Waals surface area contributed by atoms with Gasteiger partial charge in [-0.3, -0.25) is 0 Å². The second kappa shape index (κ2) is 11.7. The Hall–Kier alpha value is 0.194. The van der Waals surface area contributed by atoms with Gasteiger partial charge in [0.15, 0.2) is 0 Å². The molecule has 0 aliphatic heterocycles. The van der Waals surface area contributed by atoms with Crippen LogP contribution in [0, 0.1) is 0 Å². The summed E-state index contributed by atoms with van der Waals surface area (Å²) in [7, 11) is 3.13. The lowest BCUT2D eigenvalue weighted by Gasteiger charge is -2.24. The molecule has 0 saturated carbocycles. The number of hydrogen-bond acceptors (Lipinski definition) is 6. The molecule has 134 valence electrons. The maximum absolute atomic E-state index is 5.48. The van der Waals surface area contributed by atoms with Crippen molar-refractivity contribution < 1.29 is 17.7 Å². The summed E-state index contributed by atoms with van der Waals surface area (Å²) >= 11 is 0. The van der Waals surface area contributed by atoms with E-state index >= 15 is 0 Å². The molecule has 0 rings (SSSR count). The van der Waals surface area contributed by atoms with Gasteiger partial charge in [0.2, 0.25) is 0 Å². The van der Waals surface area contributed by atoms with Gasteiger partial charge in [-0.25, -0.2) is 0 Å². The zero-order valence-electron chi connectivity index (χ0n) is 15.5. The minimum Gasteiger partial charge on any atom is -0.398 e. The summed E-state index contributed by atoms with van der Waals surface area (Å²) in [4.78, 5) is 0. The van der Waals surface area contributed by atoms with Gasteiger partial charge in [-0.05, 0) is 58.0 Å². The molecule has 0 aromatic heterocycles. The Morgan fingerprint density at radius 3 is 1.32 bits per heavy atom. The van der Waals surface area contributed by atoms with E-state index in [0.717, 1.165) is 38.0 Å². The maximum atomic E-state index is 5.48. The largest absolute Gasteiger partial charge is 0.398 e. The molecule has 0 atom stereocenters. The van der Waals surface area contributed by atoms with E-state index < -0.39 is 17.1 Å². The van der Waals surface area contributed by atoms with E-state index in [-0.39, 0.29) is 0 Å². The molecule has 0 aromatic carbocycles. The first-order chi connectivity index (χ1) is 10.3. The summed E-state index contributed by atoms with van der Waals surface area (Å²) in [5.41, 5.74) is 0. The third-order valence-electron chi connectivity index (χ3n) is 4.24. The van der Waals surface area contributed by atoms with Gasteiger partial charge in [0.05, 0.1) is 6.17 Å². The normalized spacial score (nSPS) is 13.1. The Balaban J connectivity index is 3.69. The standard InChI is InChI=1S/C14H36N2O4Si2/c1-14(15-10-8-12-21(6,17-2)18-3)16-11-9-13-22(7,19-4)20-5/h14-16H,8-13H2,1-7H3. The van der Waals surface area contributed by atoms with Crippen molar-refractivity contribution in [1.29, 1.82) is 0 Å². The Morgan fingerprint density at radius 2 is 1.05 bits per heavy atom. The van der Waals surface area contributed by atoms with E-state index in [1.165, 1.54) is 0 Å². The lowest BCUT2D eigenvalue weighted by molar-refractivity contribution is 0.247. The third-order valence-corrected chi connectivity index (χ3v) is 10.2. The van der Waals surface area contributed by atoms with Crippen molar-refractivity contribution in [3.63, 3.8) is 0 Å². The first-order valence-corrected chi connectivity index (χ1v) is 13.1. The fraction of sp³-hybridized carbons (Fsp3) is 1.00. The number of hydrogen-bond donors (Lipinski definition) is 2. The van der Waals surface area contributed by atoms with Crippen molar-refractivity contribution in [2.75, 3.05) is 41.5 Å². The average molecular weight is 353 g/mol. The molecule has 0 spiro atoms. The van der Waals surface area contributed by atoms with Crippen LogP contribution in [0.4, 0.5) is 0 Å². The molecule has 0 aromatic rings. The highest BCUT2D eigenvalue weighted by Crippen LogP contribution is 2.13. The zero-order chi connectivity index (χ0) is 17.1. The van der Waals surface area contributed by atoms with Gasteiger partial charge in [0.25, 0.3) is 0 Å². The van der Waals surface area contributed by atoms with Crippen molar-refractivity contribution in [1.82, 2.24) is 10.6 Å². The summed E-state index contributed by atoms with van der Waals surface area (Å²) < 4.78 is 21.9. The monoisotopic (exact) mass is 352 g/mol. The van der Waals surface area contributed by atoms with Crippen molar-refractivity contribution in [2.45, 2.75) is 51.1 Å². The Kier molecular flexibility index (Phi) is 11.8. The Morgan fingerprint density at radius 1 is 0.727 bits per heavy atom. The van der Waals surface area contributed by atoms with Crippen LogP contribution in [-0.2, 0) is 17.7 Å². The van der Waals surface area contributed by atoms with Crippen LogP contribution in [0.5, 0.6) is 0 Å². The van der Waals surface area contributed by atoms with Crippen molar-refractivity contribution in [3.8, 4) is 0 Å². The molecule has 0 bridgehead atoms. The predicted octanol–water partition coefficient (Wildman–Crippen LogP) is 2.02. The second-order valence-corrected chi connectivity index (χ2v) is 13.1. The maximum Gasteiger partial charge on any atom is 0.334 e. The van der Waals surface area contributed by atoms with Crippen LogP contribution in [0.3, 0.4) is 0 Å². The fourth-order valence-electron chi connectivity index (χ4n) is 2.10. The van der Waals surface area contributed by atoms with Gasteiger partial charge in [-0.2, -0.15) is 0 Å². The van der Waals surface area contributed by atoms with Crippen LogP contribution in [-0.4, -0.2) is 64.8 Å². The Bertz CT molecular complexity index is 252. The quantitative estimate of drug-likeness (QED) is 0.283. The summed E-state index contributed by atoms with van der Waals surface area (Å²) in [5.74, 6) is 0. The Labute approximate surface area is 138 Å². The summed E-state index contributed by atoms with van der Waals surface area (Å²) in [6, 6.07) is 2.01. The summed E-state index contributed by atoms with van der Waals surface area (Å²) in [6.07, 6.45) is 2.43. The smallest absolute Gasteiger partial charge is 0.334 e. The minimum absolute atomic E-state index is 0.302. The zero-order valence-corrected chi connectivity index (χ0v) is 17.5. The first kappa shape index (κ1) is 22.2. The second-order valence-electron chi connectivity index (χ2n) is 5.92. The number of nitrogens with one attached hydrogen (secondary N) is 2. The topological polar surface area (TPSA) is 61.0 Å². The van der Waals surface area contributed by atoms with Crippen LogP contribution >= 0.6 is 0 Å². The molecular weight excluding hydrogens is 316 g/mol. The van der Waals surface area contributed by atoms with E-state index in [1.807, 2.05) is 0 Å². The molecule has 0 aliphatic rings. The van der Waals surface area contributed by atoms with Crippen molar-refractivity contribution >= 4 is 17.1 Å².